The maximum Gasteiger partial charge on any atom is 0.251 e. The van der Waals surface area contributed by atoms with Crippen molar-refractivity contribution in [3.8, 4) is 0 Å². The van der Waals surface area contributed by atoms with Gasteiger partial charge in [0.05, 0.1) is 0 Å². The monoisotopic (exact) mass is 380 g/mol. The van der Waals surface area contributed by atoms with Gasteiger partial charge in [0.2, 0.25) is 11.0 Å². The standard InChI is InChI=1S/C20H20N4O2S/c25-17(13-14-21-19(26)16-9-5-2-6-10-16)22-20-24-23-18(27-20)12-11-15-7-3-1-4-8-15/h1-10H,11-14H2,(H,21,26)(H,22,24,25). The minimum Gasteiger partial charge on any atom is -0.352 e. The first-order chi connectivity index (χ1) is 13.2. The number of aryl methyl sites for hydroxylation is 2. The summed E-state index contributed by atoms with van der Waals surface area (Å²) in [6.45, 7) is 0.263. The van der Waals surface area contributed by atoms with Gasteiger partial charge < -0.3 is 10.6 Å². The molecular weight excluding hydrogens is 360 g/mol. The Hall–Kier alpha value is -3.06. The highest BCUT2D eigenvalue weighted by Crippen LogP contribution is 2.17. The average Bonchev–Trinajstić information content (AvgIpc) is 3.15. The van der Waals surface area contributed by atoms with Crippen molar-refractivity contribution in [1.82, 2.24) is 15.5 Å². The Bertz CT molecular complexity index is 881. The lowest BCUT2D eigenvalue weighted by Gasteiger charge is -2.04. The molecule has 0 radical (unpaired) electrons. The number of amides is 2. The third kappa shape index (κ3) is 6.00. The molecule has 0 saturated carbocycles. The largest absolute Gasteiger partial charge is 0.352 e. The average molecular weight is 380 g/mol. The van der Waals surface area contributed by atoms with Crippen LogP contribution in [0.5, 0.6) is 0 Å². The van der Waals surface area contributed by atoms with E-state index >= 15 is 0 Å². The minimum atomic E-state index is -0.200. The molecule has 0 aliphatic heterocycles. The lowest BCUT2D eigenvalue weighted by atomic mass is 10.1. The molecular formula is C20H20N4O2S. The second-order valence-corrected chi connectivity index (χ2v) is 6.97. The molecule has 27 heavy (non-hydrogen) atoms. The highest BCUT2D eigenvalue weighted by molar-refractivity contribution is 7.15. The summed E-state index contributed by atoms with van der Waals surface area (Å²) in [6, 6.07) is 19.1. The Labute approximate surface area is 161 Å². The van der Waals surface area contributed by atoms with Crippen LogP contribution < -0.4 is 10.6 Å². The van der Waals surface area contributed by atoms with Crippen LogP contribution in [0.1, 0.15) is 27.3 Å². The van der Waals surface area contributed by atoms with Crippen molar-refractivity contribution in [2.45, 2.75) is 19.3 Å². The molecule has 0 atom stereocenters. The zero-order valence-corrected chi connectivity index (χ0v) is 15.5. The molecule has 0 spiro atoms. The topological polar surface area (TPSA) is 84.0 Å². The third-order valence-corrected chi connectivity index (χ3v) is 4.76. The number of anilines is 1. The van der Waals surface area contributed by atoms with E-state index in [0.717, 1.165) is 17.8 Å². The van der Waals surface area contributed by atoms with E-state index < -0.39 is 0 Å². The van der Waals surface area contributed by atoms with Crippen molar-refractivity contribution in [3.63, 3.8) is 0 Å². The molecule has 0 aliphatic carbocycles. The van der Waals surface area contributed by atoms with E-state index in [9.17, 15) is 9.59 Å². The summed E-state index contributed by atoms with van der Waals surface area (Å²) in [5.74, 6) is -0.392. The van der Waals surface area contributed by atoms with Crippen LogP contribution in [0.3, 0.4) is 0 Å². The first-order valence-corrected chi connectivity index (χ1v) is 9.52. The van der Waals surface area contributed by atoms with Crippen LogP contribution in [0.4, 0.5) is 5.13 Å². The van der Waals surface area contributed by atoms with Crippen molar-refractivity contribution >= 4 is 28.3 Å². The third-order valence-electron chi connectivity index (χ3n) is 3.86. The number of hydrogen-bond acceptors (Lipinski definition) is 5. The molecule has 3 aromatic rings. The molecule has 0 bridgehead atoms. The molecule has 1 heterocycles. The first-order valence-electron chi connectivity index (χ1n) is 8.70. The SMILES string of the molecule is O=C(CCNC(=O)c1ccccc1)Nc1nnc(CCc2ccccc2)s1. The van der Waals surface area contributed by atoms with Gasteiger partial charge in [0.25, 0.3) is 5.91 Å². The Kier molecular flexibility index (Phi) is 6.65. The summed E-state index contributed by atoms with van der Waals surface area (Å²) in [4.78, 5) is 23.9. The van der Waals surface area contributed by atoms with Gasteiger partial charge in [0.1, 0.15) is 5.01 Å². The number of rotatable bonds is 8. The van der Waals surface area contributed by atoms with Crippen molar-refractivity contribution in [1.29, 1.82) is 0 Å². The summed E-state index contributed by atoms with van der Waals surface area (Å²) in [5, 5.41) is 14.9. The van der Waals surface area contributed by atoms with Gasteiger partial charge >= 0.3 is 0 Å². The summed E-state index contributed by atoms with van der Waals surface area (Å²) in [7, 11) is 0. The number of hydrogen-bond donors (Lipinski definition) is 2. The molecule has 6 nitrogen and oxygen atoms in total. The van der Waals surface area contributed by atoms with Crippen LogP contribution >= 0.6 is 11.3 Å². The van der Waals surface area contributed by atoms with Crippen LogP contribution in [0, 0.1) is 0 Å². The van der Waals surface area contributed by atoms with Crippen LogP contribution in [0.15, 0.2) is 60.7 Å². The van der Waals surface area contributed by atoms with Crippen molar-refractivity contribution in [2.75, 3.05) is 11.9 Å². The zero-order chi connectivity index (χ0) is 18.9. The van der Waals surface area contributed by atoms with Gasteiger partial charge in [-0.1, -0.05) is 59.9 Å². The van der Waals surface area contributed by atoms with Crippen LogP contribution in [-0.2, 0) is 17.6 Å². The minimum absolute atomic E-state index is 0.178. The number of carbonyl (C=O) groups is 2. The quantitative estimate of drug-likeness (QED) is 0.629. The molecule has 2 N–H and O–H groups in total. The van der Waals surface area contributed by atoms with Gasteiger partial charge in [-0.25, -0.2) is 0 Å². The Morgan fingerprint density at radius 2 is 1.59 bits per heavy atom. The number of nitrogens with zero attached hydrogens (tertiary/aromatic N) is 2. The highest BCUT2D eigenvalue weighted by Gasteiger charge is 2.10. The maximum absolute atomic E-state index is 12.0. The summed E-state index contributed by atoms with van der Waals surface area (Å²) in [5.41, 5.74) is 1.82. The summed E-state index contributed by atoms with van der Waals surface area (Å²) < 4.78 is 0. The highest BCUT2D eigenvalue weighted by atomic mass is 32.1. The van der Waals surface area contributed by atoms with Crippen molar-refractivity contribution < 1.29 is 9.59 Å². The fourth-order valence-electron chi connectivity index (χ4n) is 2.46. The number of aromatic nitrogens is 2. The van der Waals surface area contributed by atoms with E-state index in [1.165, 1.54) is 16.9 Å². The van der Waals surface area contributed by atoms with Crippen LogP contribution in [0.25, 0.3) is 0 Å². The molecule has 0 fully saturated rings. The number of benzene rings is 2. The van der Waals surface area contributed by atoms with E-state index in [2.05, 4.69) is 33.0 Å². The Morgan fingerprint density at radius 1 is 0.889 bits per heavy atom. The predicted octanol–water partition coefficient (Wildman–Crippen LogP) is 3.08. The number of nitrogens with one attached hydrogen (secondary N) is 2. The van der Waals surface area contributed by atoms with E-state index in [-0.39, 0.29) is 24.8 Å². The van der Waals surface area contributed by atoms with Gasteiger partial charge in [0, 0.05) is 24.9 Å². The fourth-order valence-corrected chi connectivity index (χ4v) is 3.22. The Balaban J connectivity index is 1.39. The normalized spacial score (nSPS) is 10.4. The molecule has 3 rings (SSSR count). The molecule has 1 aromatic heterocycles. The molecule has 7 heteroatoms. The summed E-state index contributed by atoms with van der Waals surface area (Å²) >= 11 is 1.38. The van der Waals surface area contributed by atoms with E-state index in [1.54, 1.807) is 24.3 Å². The van der Waals surface area contributed by atoms with Gasteiger partial charge in [-0.05, 0) is 24.1 Å². The second-order valence-electron chi connectivity index (χ2n) is 5.91. The van der Waals surface area contributed by atoms with Crippen molar-refractivity contribution in [2.24, 2.45) is 0 Å². The van der Waals surface area contributed by atoms with E-state index in [1.807, 2.05) is 24.3 Å². The molecule has 138 valence electrons. The molecule has 0 unspecified atom stereocenters. The summed E-state index contributed by atoms with van der Waals surface area (Å²) in [6.07, 6.45) is 1.84. The van der Waals surface area contributed by atoms with Crippen molar-refractivity contribution in [3.05, 3.63) is 76.8 Å². The lowest BCUT2D eigenvalue weighted by Crippen LogP contribution is -2.27. The molecule has 2 aromatic carbocycles. The molecule has 0 saturated heterocycles. The smallest absolute Gasteiger partial charge is 0.251 e. The first kappa shape index (κ1) is 18.7. The predicted molar refractivity (Wildman–Crippen MR) is 106 cm³/mol. The maximum atomic E-state index is 12.0. The molecule has 0 aliphatic rings. The van der Waals surface area contributed by atoms with Crippen LogP contribution in [0.2, 0.25) is 0 Å². The van der Waals surface area contributed by atoms with Gasteiger partial charge in [-0.2, -0.15) is 0 Å². The van der Waals surface area contributed by atoms with Gasteiger partial charge in [0.15, 0.2) is 0 Å². The van der Waals surface area contributed by atoms with Crippen LogP contribution in [-0.4, -0.2) is 28.6 Å². The van der Waals surface area contributed by atoms with Gasteiger partial charge in [-0.3, -0.25) is 9.59 Å². The fraction of sp³-hybridized carbons (Fsp3) is 0.200. The second kappa shape index (κ2) is 9.59. The van der Waals surface area contributed by atoms with E-state index in [4.69, 9.17) is 0 Å². The lowest BCUT2D eigenvalue weighted by molar-refractivity contribution is -0.116. The number of carbonyl (C=O) groups excluding carboxylic acids is 2. The molecule has 2 amide bonds. The van der Waals surface area contributed by atoms with E-state index in [0.29, 0.717) is 10.7 Å². The van der Waals surface area contributed by atoms with Gasteiger partial charge in [-0.15, -0.1) is 10.2 Å². The Morgan fingerprint density at radius 3 is 2.33 bits per heavy atom. The zero-order valence-electron chi connectivity index (χ0n) is 14.7.